The minimum absolute atomic E-state index is 0.0421. The van der Waals surface area contributed by atoms with Crippen LogP contribution in [0.3, 0.4) is 0 Å². The van der Waals surface area contributed by atoms with Crippen LogP contribution in [0.4, 0.5) is 0 Å². The lowest BCUT2D eigenvalue weighted by molar-refractivity contribution is 0.0578. The molecule has 0 bridgehead atoms. The van der Waals surface area contributed by atoms with Crippen LogP contribution in [0.15, 0.2) is 36.4 Å². The highest BCUT2D eigenvalue weighted by molar-refractivity contribution is 6.01. The summed E-state index contributed by atoms with van der Waals surface area (Å²) >= 11 is 0. The quantitative estimate of drug-likeness (QED) is 0.740. The summed E-state index contributed by atoms with van der Waals surface area (Å²) in [5.41, 5.74) is 2.93. The van der Waals surface area contributed by atoms with E-state index in [0.29, 0.717) is 50.7 Å². The Morgan fingerprint density at radius 2 is 2.03 bits per heavy atom. The molecule has 0 radical (unpaired) electrons. The predicted molar refractivity (Wildman–Crippen MR) is 117 cm³/mol. The van der Waals surface area contributed by atoms with Crippen LogP contribution in [0.1, 0.15) is 64.8 Å². The van der Waals surface area contributed by atoms with Crippen molar-refractivity contribution in [1.82, 2.24) is 14.8 Å². The van der Waals surface area contributed by atoms with Crippen LogP contribution < -0.4 is 5.32 Å². The topological polar surface area (TPSA) is 72.8 Å². The zero-order valence-corrected chi connectivity index (χ0v) is 18.3. The molecule has 4 rings (SSSR count). The number of aromatic nitrogens is 1. The Morgan fingerprint density at radius 1 is 1.23 bits per heavy atom. The number of fused-ring (bicyclic) bond motifs is 1. The standard InChI is InChI=1S/C24H31N3O4/c1-3-20(17-8-6-5-7-9-17)25-23(28)19-14-21(27-12-13-30-16-22(19)27)24(29)26-11-10-18(15-26)31-4-2/h5-9,14,18,20H,3-4,10-13,15-16H2,1-2H3,(H,25,28)/t18-,20+/m0/s1. The molecule has 166 valence electrons. The maximum Gasteiger partial charge on any atom is 0.270 e. The van der Waals surface area contributed by atoms with Crippen LogP contribution in [0.5, 0.6) is 0 Å². The van der Waals surface area contributed by atoms with E-state index in [1.807, 2.05) is 53.6 Å². The fourth-order valence-electron chi connectivity index (χ4n) is 4.49. The lowest BCUT2D eigenvalue weighted by Gasteiger charge is -2.22. The summed E-state index contributed by atoms with van der Waals surface area (Å²) < 4.78 is 13.3. The SMILES string of the molecule is CCO[C@H]1CCN(C(=O)c2cc(C(=O)N[C@H](CC)c3ccccc3)c3n2CCOC3)C1. The Hall–Kier alpha value is -2.64. The van der Waals surface area contributed by atoms with E-state index in [0.717, 1.165) is 24.1 Å². The number of nitrogens with one attached hydrogen (secondary N) is 1. The van der Waals surface area contributed by atoms with Gasteiger partial charge < -0.3 is 24.3 Å². The van der Waals surface area contributed by atoms with Crippen molar-refractivity contribution in [3.05, 3.63) is 58.9 Å². The van der Waals surface area contributed by atoms with Gasteiger partial charge in [0.15, 0.2) is 0 Å². The summed E-state index contributed by atoms with van der Waals surface area (Å²) in [4.78, 5) is 28.3. The molecule has 2 amide bonds. The van der Waals surface area contributed by atoms with Gasteiger partial charge in [-0.3, -0.25) is 9.59 Å². The molecule has 2 aromatic rings. The summed E-state index contributed by atoms with van der Waals surface area (Å²) in [5, 5.41) is 3.14. The van der Waals surface area contributed by atoms with E-state index in [1.54, 1.807) is 6.07 Å². The van der Waals surface area contributed by atoms with Gasteiger partial charge in [0.05, 0.1) is 36.6 Å². The molecule has 2 aliphatic rings. The first-order chi connectivity index (χ1) is 15.1. The fourth-order valence-corrected chi connectivity index (χ4v) is 4.49. The van der Waals surface area contributed by atoms with Gasteiger partial charge in [0.25, 0.3) is 11.8 Å². The van der Waals surface area contributed by atoms with E-state index >= 15 is 0 Å². The monoisotopic (exact) mass is 425 g/mol. The van der Waals surface area contributed by atoms with Crippen molar-refractivity contribution in [2.75, 3.05) is 26.3 Å². The maximum absolute atomic E-state index is 13.3. The van der Waals surface area contributed by atoms with Gasteiger partial charge >= 0.3 is 0 Å². The Balaban J connectivity index is 1.57. The molecule has 2 aliphatic heterocycles. The van der Waals surface area contributed by atoms with Crippen molar-refractivity contribution in [2.45, 2.75) is 52.0 Å². The molecular formula is C24H31N3O4. The number of likely N-dealkylation sites (tertiary alicyclic amines) is 1. The van der Waals surface area contributed by atoms with E-state index in [4.69, 9.17) is 9.47 Å². The van der Waals surface area contributed by atoms with Gasteiger partial charge in [-0.15, -0.1) is 0 Å². The molecule has 0 unspecified atom stereocenters. The van der Waals surface area contributed by atoms with Crippen molar-refractivity contribution >= 4 is 11.8 Å². The number of rotatable bonds is 7. The van der Waals surface area contributed by atoms with Crippen LogP contribution in [0.2, 0.25) is 0 Å². The van der Waals surface area contributed by atoms with Gasteiger partial charge in [-0.2, -0.15) is 0 Å². The van der Waals surface area contributed by atoms with Crippen molar-refractivity contribution < 1.29 is 19.1 Å². The molecule has 3 heterocycles. The number of amides is 2. The van der Waals surface area contributed by atoms with Gasteiger partial charge in [0.1, 0.15) is 5.69 Å². The number of hydrogen-bond donors (Lipinski definition) is 1. The summed E-state index contributed by atoms with van der Waals surface area (Å²) in [6.45, 7) is 7.37. The Morgan fingerprint density at radius 3 is 2.77 bits per heavy atom. The average Bonchev–Trinajstić information content (AvgIpc) is 3.43. The lowest BCUT2D eigenvalue weighted by atomic mass is 10.0. The number of carbonyl (C=O) groups excluding carboxylic acids is 2. The van der Waals surface area contributed by atoms with Crippen LogP contribution >= 0.6 is 0 Å². The highest BCUT2D eigenvalue weighted by Gasteiger charge is 2.32. The molecule has 2 atom stereocenters. The first kappa shape index (κ1) is 21.6. The third-order valence-corrected chi connectivity index (χ3v) is 6.12. The van der Waals surface area contributed by atoms with E-state index in [9.17, 15) is 9.59 Å². The summed E-state index contributed by atoms with van der Waals surface area (Å²) in [6.07, 6.45) is 1.71. The highest BCUT2D eigenvalue weighted by Crippen LogP contribution is 2.25. The van der Waals surface area contributed by atoms with Crippen LogP contribution in [-0.4, -0.2) is 53.7 Å². The zero-order valence-electron chi connectivity index (χ0n) is 18.3. The third-order valence-electron chi connectivity index (χ3n) is 6.12. The molecule has 1 saturated heterocycles. The fraction of sp³-hybridized carbons (Fsp3) is 0.500. The smallest absolute Gasteiger partial charge is 0.270 e. The minimum atomic E-state index is -0.169. The number of benzene rings is 1. The molecule has 0 spiro atoms. The molecule has 31 heavy (non-hydrogen) atoms. The first-order valence-corrected chi connectivity index (χ1v) is 11.2. The van der Waals surface area contributed by atoms with Gasteiger partial charge in [0, 0.05) is 26.2 Å². The molecular weight excluding hydrogens is 394 g/mol. The Bertz CT molecular complexity index is 924. The first-order valence-electron chi connectivity index (χ1n) is 11.2. The van der Waals surface area contributed by atoms with Crippen molar-refractivity contribution in [1.29, 1.82) is 0 Å². The second kappa shape index (κ2) is 9.66. The molecule has 0 saturated carbocycles. The normalized spacial score (nSPS) is 19.2. The summed E-state index contributed by atoms with van der Waals surface area (Å²) in [6, 6.07) is 11.6. The second-order valence-corrected chi connectivity index (χ2v) is 8.06. The Labute approximate surface area is 183 Å². The lowest BCUT2D eigenvalue weighted by Crippen LogP contribution is -2.33. The molecule has 1 fully saturated rings. The summed E-state index contributed by atoms with van der Waals surface area (Å²) in [5.74, 6) is -0.211. The van der Waals surface area contributed by atoms with Gasteiger partial charge in [-0.05, 0) is 31.4 Å². The molecule has 7 heteroatoms. The van der Waals surface area contributed by atoms with Crippen molar-refractivity contribution in [2.24, 2.45) is 0 Å². The van der Waals surface area contributed by atoms with Crippen LogP contribution in [-0.2, 0) is 22.6 Å². The molecule has 7 nitrogen and oxygen atoms in total. The molecule has 1 aromatic heterocycles. The zero-order chi connectivity index (χ0) is 21.8. The number of carbonyl (C=O) groups is 2. The highest BCUT2D eigenvalue weighted by atomic mass is 16.5. The number of nitrogens with zero attached hydrogens (tertiary/aromatic N) is 2. The average molecular weight is 426 g/mol. The largest absolute Gasteiger partial charge is 0.377 e. The van der Waals surface area contributed by atoms with E-state index in [2.05, 4.69) is 5.32 Å². The predicted octanol–water partition coefficient (Wildman–Crippen LogP) is 3.15. The summed E-state index contributed by atoms with van der Waals surface area (Å²) in [7, 11) is 0. The van der Waals surface area contributed by atoms with Crippen molar-refractivity contribution in [3.63, 3.8) is 0 Å². The molecule has 0 aliphatic carbocycles. The van der Waals surface area contributed by atoms with E-state index < -0.39 is 0 Å². The second-order valence-electron chi connectivity index (χ2n) is 8.06. The Kier molecular flexibility index (Phi) is 6.73. The minimum Gasteiger partial charge on any atom is -0.377 e. The van der Waals surface area contributed by atoms with Crippen LogP contribution in [0, 0.1) is 0 Å². The van der Waals surface area contributed by atoms with Crippen LogP contribution in [0.25, 0.3) is 0 Å². The molecule has 1 aromatic carbocycles. The van der Waals surface area contributed by atoms with Crippen molar-refractivity contribution in [3.8, 4) is 0 Å². The third kappa shape index (κ3) is 4.52. The molecule has 1 N–H and O–H groups in total. The maximum atomic E-state index is 13.3. The van der Waals surface area contributed by atoms with Gasteiger partial charge in [-0.25, -0.2) is 0 Å². The van der Waals surface area contributed by atoms with Gasteiger partial charge in [-0.1, -0.05) is 37.3 Å². The number of ether oxygens (including phenoxy) is 2. The van der Waals surface area contributed by atoms with Gasteiger partial charge in [0.2, 0.25) is 0 Å². The number of hydrogen-bond acceptors (Lipinski definition) is 4. The van der Waals surface area contributed by atoms with E-state index in [-0.39, 0.29) is 24.0 Å². The van der Waals surface area contributed by atoms with E-state index in [1.165, 1.54) is 0 Å².